The lowest BCUT2D eigenvalue weighted by molar-refractivity contribution is 0.0730. The maximum absolute atomic E-state index is 12.4. The molecule has 10 heteroatoms. The molecule has 0 fully saturated rings. The number of nitrogens with one attached hydrogen (secondary N) is 1. The zero-order valence-corrected chi connectivity index (χ0v) is 16.2. The van der Waals surface area contributed by atoms with Gasteiger partial charge in [-0.2, -0.15) is 14.9 Å². The molecule has 0 unspecified atom stereocenters. The van der Waals surface area contributed by atoms with Gasteiger partial charge < -0.3 is 9.47 Å². The van der Waals surface area contributed by atoms with Crippen molar-refractivity contribution < 1.29 is 14.3 Å². The van der Waals surface area contributed by atoms with E-state index in [1.807, 2.05) is 0 Å². The molecule has 27 heavy (non-hydrogen) atoms. The van der Waals surface area contributed by atoms with Crippen LogP contribution in [0.3, 0.4) is 0 Å². The molecule has 0 saturated heterocycles. The van der Waals surface area contributed by atoms with Crippen molar-refractivity contribution in [1.29, 1.82) is 0 Å². The maximum atomic E-state index is 12.4. The van der Waals surface area contributed by atoms with Crippen LogP contribution in [0, 0.1) is 4.77 Å². The average molecular weight is 423 g/mol. The van der Waals surface area contributed by atoms with Crippen molar-refractivity contribution >= 4 is 47.6 Å². The summed E-state index contributed by atoms with van der Waals surface area (Å²) < 4.78 is 12.5. The Morgan fingerprint density at radius 2 is 2.07 bits per heavy atom. The molecule has 0 atom stereocenters. The van der Waals surface area contributed by atoms with Crippen molar-refractivity contribution in [3.8, 4) is 11.5 Å². The van der Waals surface area contributed by atoms with Gasteiger partial charge in [0.05, 0.1) is 23.9 Å². The molecular weight excluding hydrogens is 411 g/mol. The van der Waals surface area contributed by atoms with Crippen LogP contribution >= 0.6 is 35.4 Å². The van der Waals surface area contributed by atoms with E-state index >= 15 is 0 Å². The van der Waals surface area contributed by atoms with Gasteiger partial charge in [-0.1, -0.05) is 23.2 Å². The zero-order valence-electron chi connectivity index (χ0n) is 13.8. The summed E-state index contributed by atoms with van der Waals surface area (Å²) in [4.78, 5) is 12.4. The summed E-state index contributed by atoms with van der Waals surface area (Å²) in [6.45, 7) is 0. The summed E-state index contributed by atoms with van der Waals surface area (Å²) in [5, 5.41) is 11.2. The molecule has 7 nitrogen and oxygen atoms in total. The third-order valence-corrected chi connectivity index (χ3v) is 4.23. The first-order valence-electron chi connectivity index (χ1n) is 7.49. The number of aromatic nitrogens is 3. The first-order chi connectivity index (χ1) is 13.0. The van der Waals surface area contributed by atoms with Crippen LogP contribution in [-0.2, 0) is 0 Å². The molecule has 0 aliphatic rings. The van der Waals surface area contributed by atoms with Crippen LogP contribution in [0.4, 0.5) is 0 Å². The number of halogens is 2. The highest BCUT2D eigenvalue weighted by Gasteiger charge is 2.16. The number of nitrogens with zero attached hydrogens (tertiary/aromatic N) is 3. The van der Waals surface area contributed by atoms with E-state index in [9.17, 15) is 4.79 Å². The van der Waals surface area contributed by atoms with Gasteiger partial charge in [0, 0.05) is 5.02 Å². The normalized spacial score (nSPS) is 10.9. The van der Waals surface area contributed by atoms with E-state index in [1.54, 1.807) is 30.5 Å². The number of rotatable bonds is 5. The first kappa shape index (κ1) is 19.1. The van der Waals surface area contributed by atoms with Gasteiger partial charge in [0.2, 0.25) is 4.77 Å². The van der Waals surface area contributed by atoms with E-state index in [4.69, 9.17) is 44.9 Å². The quantitative estimate of drug-likeness (QED) is 0.286. The van der Waals surface area contributed by atoms with E-state index in [2.05, 4.69) is 15.3 Å². The second kappa shape index (κ2) is 8.34. The molecule has 1 heterocycles. The number of aromatic amines is 1. The van der Waals surface area contributed by atoms with Crippen LogP contribution in [0.1, 0.15) is 15.9 Å². The molecule has 0 amide bonds. The number of methoxy groups -OCH3 is 1. The van der Waals surface area contributed by atoms with Gasteiger partial charge in [0.25, 0.3) is 0 Å². The predicted molar refractivity (Wildman–Crippen MR) is 105 cm³/mol. The molecule has 1 N–H and O–H groups in total. The van der Waals surface area contributed by atoms with Crippen LogP contribution in [0.25, 0.3) is 0 Å². The van der Waals surface area contributed by atoms with E-state index < -0.39 is 5.97 Å². The number of carbonyl (C=O) groups excluding carboxylic acids is 1. The summed E-state index contributed by atoms with van der Waals surface area (Å²) in [6, 6.07) is 9.49. The predicted octanol–water partition coefficient (Wildman–Crippen LogP) is 4.36. The topological polar surface area (TPSA) is 81.5 Å². The fourth-order valence-electron chi connectivity index (χ4n) is 2.11. The summed E-state index contributed by atoms with van der Waals surface area (Å²) in [5.41, 5.74) is 0.905. The number of hydrogen-bond donors (Lipinski definition) is 1. The Morgan fingerprint density at radius 3 is 2.74 bits per heavy atom. The van der Waals surface area contributed by atoms with Crippen LogP contribution < -0.4 is 9.47 Å². The molecule has 2 aromatic carbocycles. The molecule has 0 bridgehead atoms. The summed E-state index contributed by atoms with van der Waals surface area (Å²) >= 11 is 16.9. The first-order valence-corrected chi connectivity index (χ1v) is 8.66. The van der Waals surface area contributed by atoms with Gasteiger partial charge in [0.15, 0.2) is 11.5 Å². The van der Waals surface area contributed by atoms with Gasteiger partial charge in [-0.15, -0.1) is 0 Å². The Labute approximate surface area is 169 Å². The Hall–Kier alpha value is -2.68. The molecule has 0 aliphatic carbocycles. The Morgan fingerprint density at radius 1 is 1.26 bits per heavy atom. The van der Waals surface area contributed by atoms with Crippen LogP contribution in [0.2, 0.25) is 10.0 Å². The second-order valence-corrected chi connectivity index (χ2v) is 6.40. The standard InChI is InChI=1S/C17H12Cl2N4O3S/c1-25-15-6-10(8-21-23-9-20-22-17(23)27)2-5-14(15)26-16(24)12-4-3-11(18)7-13(12)19/h2-9H,1H3,(H,22,27)/b21-8-. The third-order valence-electron chi connectivity index (χ3n) is 3.41. The number of hydrogen-bond acceptors (Lipinski definition) is 6. The largest absolute Gasteiger partial charge is 0.493 e. The summed E-state index contributed by atoms with van der Waals surface area (Å²) in [7, 11) is 1.47. The van der Waals surface area contributed by atoms with Crippen molar-refractivity contribution in [2.24, 2.45) is 5.10 Å². The van der Waals surface area contributed by atoms with Crippen molar-refractivity contribution in [2.45, 2.75) is 0 Å². The maximum Gasteiger partial charge on any atom is 0.345 e. The van der Waals surface area contributed by atoms with Crippen molar-refractivity contribution in [2.75, 3.05) is 7.11 Å². The fraction of sp³-hybridized carbons (Fsp3) is 0.0588. The van der Waals surface area contributed by atoms with Crippen LogP contribution in [-0.4, -0.2) is 34.2 Å². The highest BCUT2D eigenvalue weighted by molar-refractivity contribution is 7.71. The lowest BCUT2D eigenvalue weighted by Gasteiger charge is -2.10. The van der Waals surface area contributed by atoms with Gasteiger partial charge in [-0.05, 0) is 54.2 Å². The number of H-pyrrole nitrogens is 1. The van der Waals surface area contributed by atoms with E-state index in [0.717, 1.165) is 0 Å². The molecule has 0 saturated carbocycles. The van der Waals surface area contributed by atoms with Crippen LogP contribution in [0.15, 0.2) is 47.8 Å². The smallest absolute Gasteiger partial charge is 0.345 e. The fourth-order valence-corrected chi connectivity index (χ4v) is 2.74. The van der Waals surface area contributed by atoms with Gasteiger partial charge >= 0.3 is 5.97 Å². The zero-order chi connectivity index (χ0) is 19.4. The number of esters is 1. The molecule has 3 aromatic rings. The molecular formula is C17H12Cl2N4O3S. The minimum atomic E-state index is -0.624. The second-order valence-electron chi connectivity index (χ2n) is 5.17. The summed E-state index contributed by atoms with van der Waals surface area (Å²) in [6.07, 6.45) is 3.01. The third kappa shape index (κ3) is 4.54. The molecule has 3 rings (SSSR count). The van der Waals surface area contributed by atoms with Gasteiger partial charge in [-0.3, -0.25) is 5.10 Å². The Balaban J connectivity index is 1.82. The molecule has 0 radical (unpaired) electrons. The number of benzene rings is 2. The van der Waals surface area contributed by atoms with Crippen molar-refractivity contribution in [3.05, 3.63) is 68.7 Å². The van der Waals surface area contributed by atoms with E-state index in [0.29, 0.717) is 21.1 Å². The highest BCUT2D eigenvalue weighted by atomic mass is 35.5. The highest BCUT2D eigenvalue weighted by Crippen LogP contribution is 2.29. The Kier molecular flexibility index (Phi) is 5.90. The average Bonchev–Trinajstić information content (AvgIpc) is 3.05. The number of carbonyl (C=O) groups is 1. The summed E-state index contributed by atoms with van der Waals surface area (Å²) in [5.74, 6) is -0.0279. The number of ether oxygens (including phenoxy) is 2. The molecule has 0 spiro atoms. The lowest BCUT2D eigenvalue weighted by atomic mass is 10.2. The minimum absolute atomic E-state index is 0.197. The van der Waals surface area contributed by atoms with Crippen molar-refractivity contribution in [1.82, 2.24) is 14.9 Å². The Bertz CT molecular complexity index is 1080. The molecule has 138 valence electrons. The monoisotopic (exact) mass is 422 g/mol. The molecule has 0 aliphatic heterocycles. The van der Waals surface area contributed by atoms with Gasteiger partial charge in [0.1, 0.15) is 6.33 Å². The molecule has 1 aromatic heterocycles. The SMILES string of the molecule is COc1cc(/C=N\n2cn[nH]c2=S)ccc1OC(=O)c1ccc(Cl)cc1Cl. The minimum Gasteiger partial charge on any atom is -0.493 e. The lowest BCUT2D eigenvalue weighted by Crippen LogP contribution is -2.10. The van der Waals surface area contributed by atoms with Crippen LogP contribution in [0.5, 0.6) is 11.5 Å². The van der Waals surface area contributed by atoms with Gasteiger partial charge in [-0.25, -0.2) is 4.79 Å². The van der Waals surface area contributed by atoms with Crippen molar-refractivity contribution in [3.63, 3.8) is 0 Å². The van der Waals surface area contributed by atoms with E-state index in [1.165, 1.54) is 30.2 Å². The van der Waals surface area contributed by atoms with E-state index in [-0.39, 0.29) is 16.3 Å².